The number of H-pyrrole nitrogens is 1. The van der Waals surface area contributed by atoms with Crippen LogP contribution in [0.25, 0.3) is 39.1 Å². The minimum absolute atomic E-state index is 0.192. The number of aromatic nitrogens is 6. The minimum Gasteiger partial charge on any atom is -0.339 e. The van der Waals surface area contributed by atoms with Crippen molar-refractivity contribution in [3.8, 4) is 22.5 Å². The van der Waals surface area contributed by atoms with Gasteiger partial charge in [-0.15, -0.1) is 0 Å². The van der Waals surface area contributed by atoms with Crippen molar-refractivity contribution in [2.75, 3.05) is 0 Å². The summed E-state index contributed by atoms with van der Waals surface area (Å²) in [5, 5.41) is 9.49. The second-order valence-electron chi connectivity index (χ2n) is 6.10. The fourth-order valence-corrected chi connectivity index (χ4v) is 3.18. The number of hydrogen-bond acceptors (Lipinski definition) is 4. The quantitative estimate of drug-likeness (QED) is 0.535. The number of rotatable bonds is 2. The zero-order valence-electron chi connectivity index (χ0n) is 13.9. The van der Waals surface area contributed by atoms with E-state index in [1.807, 2.05) is 54.3 Å². The Morgan fingerprint density at radius 3 is 2.81 bits per heavy atom. The molecule has 4 aromatic heterocycles. The van der Waals surface area contributed by atoms with Crippen molar-refractivity contribution in [2.24, 2.45) is 7.05 Å². The molecule has 26 heavy (non-hydrogen) atoms. The molecule has 0 spiro atoms. The van der Waals surface area contributed by atoms with Crippen LogP contribution in [0.3, 0.4) is 0 Å². The lowest BCUT2D eigenvalue weighted by Crippen LogP contribution is -2.14. The highest BCUT2D eigenvalue weighted by molar-refractivity contribution is 5.84. The van der Waals surface area contributed by atoms with E-state index in [0.29, 0.717) is 5.65 Å². The highest BCUT2D eigenvalue weighted by Crippen LogP contribution is 2.25. The summed E-state index contributed by atoms with van der Waals surface area (Å²) < 4.78 is 3.18. The van der Waals surface area contributed by atoms with Crippen LogP contribution >= 0.6 is 0 Å². The maximum absolute atomic E-state index is 12.5. The van der Waals surface area contributed by atoms with E-state index in [4.69, 9.17) is 0 Å². The summed E-state index contributed by atoms with van der Waals surface area (Å²) in [6.07, 6.45) is 5.19. The van der Waals surface area contributed by atoms with Crippen molar-refractivity contribution in [2.45, 2.75) is 0 Å². The van der Waals surface area contributed by atoms with E-state index < -0.39 is 0 Å². The van der Waals surface area contributed by atoms with Gasteiger partial charge in [0, 0.05) is 24.7 Å². The highest BCUT2D eigenvalue weighted by Gasteiger charge is 2.12. The van der Waals surface area contributed by atoms with Gasteiger partial charge in [0.15, 0.2) is 0 Å². The summed E-state index contributed by atoms with van der Waals surface area (Å²) in [6.45, 7) is 0. The van der Waals surface area contributed by atoms with Crippen molar-refractivity contribution in [3.05, 3.63) is 71.4 Å². The predicted molar refractivity (Wildman–Crippen MR) is 98.8 cm³/mol. The predicted octanol–water partition coefficient (Wildman–Crippen LogP) is 2.64. The molecule has 5 rings (SSSR count). The Labute approximate surface area is 147 Å². The molecule has 0 aliphatic carbocycles. The molecule has 7 nitrogen and oxygen atoms in total. The first-order chi connectivity index (χ1) is 12.7. The van der Waals surface area contributed by atoms with Gasteiger partial charge in [-0.3, -0.25) is 14.5 Å². The van der Waals surface area contributed by atoms with Crippen molar-refractivity contribution >= 4 is 16.6 Å². The highest BCUT2D eigenvalue weighted by atomic mass is 16.1. The Balaban J connectivity index is 1.74. The van der Waals surface area contributed by atoms with Crippen molar-refractivity contribution in [3.63, 3.8) is 0 Å². The van der Waals surface area contributed by atoms with Gasteiger partial charge >= 0.3 is 0 Å². The summed E-state index contributed by atoms with van der Waals surface area (Å²) in [7, 11) is 1.90. The lowest BCUT2D eigenvalue weighted by molar-refractivity contribution is 0.797. The third-order valence-electron chi connectivity index (χ3n) is 4.50. The minimum atomic E-state index is -0.192. The van der Waals surface area contributed by atoms with Gasteiger partial charge in [0.1, 0.15) is 5.65 Å². The maximum atomic E-state index is 12.5. The van der Waals surface area contributed by atoms with Crippen LogP contribution in [-0.4, -0.2) is 29.4 Å². The molecular weight excluding hydrogens is 328 g/mol. The molecule has 0 amide bonds. The molecule has 1 aromatic carbocycles. The van der Waals surface area contributed by atoms with Crippen LogP contribution in [0.4, 0.5) is 0 Å². The number of aryl methyl sites for hydroxylation is 1. The summed E-state index contributed by atoms with van der Waals surface area (Å²) in [5.41, 5.74) is 4.66. The summed E-state index contributed by atoms with van der Waals surface area (Å²) in [6, 6.07) is 13.2. The number of nitrogens with one attached hydrogen (secondary N) is 1. The number of fused-ring (bicyclic) bond motifs is 2. The van der Waals surface area contributed by atoms with Crippen LogP contribution in [0.15, 0.2) is 65.8 Å². The van der Waals surface area contributed by atoms with E-state index in [2.05, 4.69) is 20.2 Å². The largest absolute Gasteiger partial charge is 0.339 e. The van der Waals surface area contributed by atoms with Gasteiger partial charge in [0.25, 0.3) is 5.56 Å². The fraction of sp³-hybridized carbons (Fsp3) is 0.0526. The summed E-state index contributed by atoms with van der Waals surface area (Å²) in [5.74, 6) is 0. The molecule has 0 aliphatic rings. The Hall–Kier alpha value is -3.74. The molecular formula is C19H14N6O. The SMILES string of the molecule is Cn1ncc2cc(-c3cc(=O)n4ncc(-c5ccccn5)c4[nH]3)ccc21. The first kappa shape index (κ1) is 14.6. The fourth-order valence-electron chi connectivity index (χ4n) is 3.18. The van der Waals surface area contributed by atoms with Gasteiger partial charge in [0.2, 0.25) is 0 Å². The van der Waals surface area contributed by atoms with Gasteiger partial charge in [-0.2, -0.15) is 14.7 Å². The zero-order chi connectivity index (χ0) is 17.7. The zero-order valence-corrected chi connectivity index (χ0v) is 13.9. The standard InChI is InChI=1S/C19H14N6O/c1-24-17-6-5-12(8-13(17)10-21-24)16-9-18(26)25-19(23-16)14(11-22-25)15-4-2-3-7-20-15/h2-11,23H,1H3. The van der Waals surface area contributed by atoms with Crippen LogP contribution in [0.5, 0.6) is 0 Å². The molecule has 0 unspecified atom stereocenters. The Kier molecular flexibility index (Phi) is 3.02. The Morgan fingerprint density at radius 2 is 1.96 bits per heavy atom. The third-order valence-corrected chi connectivity index (χ3v) is 4.50. The monoisotopic (exact) mass is 342 g/mol. The number of aromatic amines is 1. The summed E-state index contributed by atoms with van der Waals surface area (Å²) in [4.78, 5) is 20.2. The molecule has 1 N–H and O–H groups in total. The van der Waals surface area contributed by atoms with E-state index in [-0.39, 0.29) is 5.56 Å². The van der Waals surface area contributed by atoms with Crippen molar-refractivity contribution in [1.82, 2.24) is 29.4 Å². The molecule has 0 aliphatic heterocycles. The number of nitrogens with zero attached hydrogens (tertiary/aromatic N) is 5. The van der Waals surface area contributed by atoms with Gasteiger partial charge in [-0.25, -0.2) is 0 Å². The smallest absolute Gasteiger partial charge is 0.274 e. The molecule has 5 aromatic rings. The van der Waals surface area contributed by atoms with Gasteiger partial charge < -0.3 is 4.98 Å². The number of benzene rings is 1. The topological polar surface area (TPSA) is 80.9 Å². The number of hydrogen-bond donors (Lipinski definition) is 1. The molecule has 0 atom stereocenters. The normalized spacial score (nSPS) is 11.4. The molecule has 0 saturated heterocycles. The van der Waals surface area contributed by atoms with E-state index in [9.17, 15) is 4.79 Å². The molecule has 0 fully saturated rings. The van der Waals surface area contributed by atoms with E-state index in [1.54, 1.807) is 18.5 Å². The second kappa shape index (κ2) is 5.38. The van der Waals surface area contributed by atoms with E-state index in [1.165, 1.54) is 4.52 Å². The summed E-state index contributed by atoms with van der Waals surface area (Å²) >= 11 is 0. The van der Waals surface area contributed by atoms with Crippen LogP contribution in [0.2, 0.25) is 0 Å². The van der Waals surface area contributed by atoms with Crippen LogP contribution in [0, 0.1) is 0 Å². The van der Waals surface area contributed by atoms with Gasteiger partial charge in [-0.1, -0.05) is 12.1 Å². The molecule has 0 bridgehead atoms. The molecule has 4 heterocycles. The molecule has 7 heteroatoms. The van der Waals surface area contributed by atoms with E-state index in [0.717, 1.165) is 33.4 Å². The van der Waals surface area contributed by atoms with Crippen LogP contribution in [-0.2, 0) is 7.05 Å². The first-order valence-corrected chi connectivity index (χ1v) is 8.15. The first-order valence-electron chi connectivity index (χ1n) is 8.15. The van der Waals surface area contributed by atoms with Gasteiger partial charge in [0.05, 0.1) is 34.9 Å². The molecule has 0 saturated carbocycles. The van der Waals surface area contributed by atoms with Gasteiger partial charge in [-0.05, 0) is 29.8 Å². The molecule has 0 radical (unpaired) electrons. The Bertz CT molecular complexity index is 1310. The average molecular weight is 342 g/mol. The van der Waals surface area contributed by atoms with Crippen LogP contribution < -0.4 is 5.56 Å². The lowest BCUT2D eigenvalue weighted by Gasteiger charge is -2.05. The van der Waals surface area contributed by atoms with E-state index >= 15 is 0 Å². The second-order valence-corrected chi connectivity index (χ2v) is 6.10. The van der Waals surface area contributed by atoms with Crippen LogP contribution in [0.1, 0.15) is 0 Å². The maximum Gasteiger partial charge on any atom is 0.274 e. The lowest BCUT2D eigenvalue weighted by atomic mass is 10.1. The van der Waals surface area contributed by atoms with Crippen molar-refractivity contribution < 1.29 is 0 Å². The number of pyridine rings is 1. The average Bonchev–Trinajstić information content (AvgIpc) is 3.26. The molecule has 126 valence electrons. The van der Waals surface area contributed by atoms with Crippen molar-refractivity contribution in [1.29, 1.82) is 0 Å². The third kappa shape index (κ3) is 2.14. The Morgan fingerprint density at radius 1 is 1.04 bits per heavy atom.